The molecule has 2 amide bonds. The predicted molar refractivity (Wildman–Crippen MR) is 100 cm³/mol. The van der Waals surface area contributed by atoms with Gasteiger partial charge in [0.05, 0.1) is 5.69 Å². The Balaban J connectivity index is 1.70. The van der Waals surface area contributed by atoms with Crippen molar-refractivity contribution in [2.75, 3.05) is 11.9 Å². The predicted octanol–water partition coefficient (Wildman–Crippen LogP) is 1.31. The summed E-state index contributed by atoms with van der Waals surface area (Å²) in [7, 11) is 0. The Morgan fingerprint density at radius 2 is 2.00 bits per heavy atom. The minimum atomic E-state index is -0.538. The van der Waals surface area contributed by atoms with E-state index in [-0.39, 0.29) is 18.4 Å². The van der Waals surface area contributed by atoms with Crippen molar-refractivity contribution in [2.45, 2.75) is 19.3 Å². The van der Waals surface area contributed by atoms with E-state index in [4.69, 9.17) is 10.5 Å². The third-order valence-corrected chi connectivity index (χ3v) is 4.51. The molecular weight excluding hydrogens is 360 g/mol. The molecule has 1 unspecified atom stereocenters. The smallest absolute Gasteiger partial charge is 0.255 e. The quantitative estimate of drug-likeness (QED) is 0.689. The Kier molecular flexibility index (Phi) is 4.48. The summed E-state index contributed by atoms with van der Waals surface area (Å²) in [6.45, 7) is 1.71. The number of aromatic nitrogens is 4. The molecule has 9 nitrogen and oxygen atoms in total. The maximum atomic E-state index is 12.4. The van der Waals surface area contributed by atoms with E-state index in [0.29, 0.717) is 23.9 Å². The van der Waals surface area contributed by atoms with Gasteiger partial charge >= 0.3 is 0 Å². The topological polar surface area (TPSA) is 125 Å². The van der Waals surface area contributed by atoms with Crippen LogP contribution in [0.2, 0.25) is 0 Å². The number of nitrogens with one attached hydrogen (secondary N) is 1. The number of rotatable bonds is 5. The number of primary amides is 1. The molecule has 28 heavy (non-hydrogen) atoms. The first-order valence-corrected chi connectivity index (χ1v) is 8.70. The van der Waals surface area contributed by atoms with Crippen LogP contribution in [0.25, 0.3) is 5.95 Å². The molecule has 3 heterocycles. The van der Waals surface area contributed by atoms with Crippen LogP contribution >= 0.6 is 0 Å². The molecule has 0 aliphatic carbocycles. The van der Waals surface area contributed by atoms with Crippen LogP contribution in [0.1, 0.15) is 29.2 Å². The van der Waals surface area contributed by atoms with Crippen molar-refractivity contribution >= 4 is 17.6 Å². The summed E-state index contributed by atoms with van der Waals surface area (Å²) in [5.74, 6) is 0.703. The maximum Gasteiger partial charge on any atom is 0.255 e. The fourth-order valence-corrected chi connectivity index (χ4v) is 3.33. The maximum absolute atomic E-state index is 12.4. The molecular formula is C19H18N6O3. The summed E-state index contributed by atoms with van der Waals surface area (Å²) < 4.78 is 6.85. The number of benzene rings is 1. The number of anilines is 1. The molecule has 1 atom stereocenters. The van der Waals surface area contributed by atoms with Gasteiger partial charge in [-0.05, 0) is 30.7 Å². The monoisotopic (exact) mass is 378 g/mol. The van der Waals surface area contributed by atoms with E-state index >= 15 is 0 Å². The Morgan fingerprint density at radius 3 is 2.68 bits per heavy atom. The van der Waals surface area contributed by atoms with E-state index in [1.54, 1.807) is 35.3 Å². The zero-order chi connectivity index (χ0) is 19.7. The van der Waals surface area contributed by atoms with Crippen molar-refractivity contribution in [3.05, 3.63) is 59.5 Å². The highest BCUT2D eigenvalue weighted by atomic mass is 16.5. The van der Waals surface area contributed by atoms with Gasteiger partial charge in [-0.1, -0.05) is 12.1 Å². The fourth-order valence-electron chi connectivity index (χ4n) is 3.33. The zero-order valence-electron chi connectivity index (χ0n) is 15.1. The normalized spacial score (nSPS) is 15.6. The second-order valence-corrected chi connectivity index (χ2v) is 6.44. The fraction of sp³-hybridized carbons (Fsp3) is 0.211. The van der Waals surface area contributed by atoms with Crippen molar-refractivity contribution in [3.8, 4) is 11.7 Å². The van der Waals surface area contributed by atoms with Crippen molar-refractivity contribution in [1.82, 2.24) is 19.7 Å². The standard InChI is InChI=1S/C19H18N6O3/c1-11-17-14(12-3-5-13(6-4-12)28-10-15(20)26)9-16(27)23-18(17)25(24-11)19-21-7-2-8-22-19/h2-8,14H,9-10H2,1H3,(H2,20,26)(H,23,27). The lowest BCUT2D eigenvalue weighted by Gasteiger charge is -2.24. The Labute approximate surface area is 160 Å². The van der Waals surface area contributed by atoms with Crippen LogP contribution in [0.4, 0.5) is 5.82 Å². The first-order chi connectivity index (χ1) is 13.5. The van der Waals surface area contributed by atoms with Gasteiger partial charge < -0.3 is 15.8 Å². The average Bonchev–Trinajstić information content (AvgIpc) is 3.03. The van der Waals surface area contributed by atoms with E-state index < -0.39 is 5.91 Å². The van der Waals surface area contributed by atoms with Crippen molar-refractivity contribution in [2.24, 2.45) is 5.73 Å². The molecule has 1 aliphatic heterocycles. The van der Waals surface area contributed by atoms with Crippen LogP contribution in [-0.4, -0.2) is 38.2 Å². The molecule has 4 rings (SSSR count). The summed E-state index contributed by atoms with van der Waals surface area (Å²) >= 11 is 0. The number of ether oxygens (including phenoxy) is 1. The lowest BCUT2D eigenvalue weighted by molar-refractivity contribution is -0.120. The molecule has 0 fully saturated rings. The third-order valence-electron chi connectivity index (χ3n) is 4.51. The van der Waals surface area contributed by atoms with Crippen LogP contribution in [0.15, 0.2) is 42.7 Å². The summed E-state index contributed by atoms with van der Waals surface area (Å²) in [6.07, 6.45) is 3.55. The highest BCUT2D eigenvalue weighted by Crippen LogP contribution is 2.40. The lowest BCUT2D eigenvalue weighted by Crippen LogP contribution is -2.25. The van der Waals surface area contributed by atoms with Gasteiger partial charge in [0.2, 0.25) is 5.91 Å². The van der Waals surface area contributed by atoms with Gasteiger partial charge in [-0.15, -0.1) is 0 Å². The Hall–Kier alpha value is -3.75. The molecule has 0 bridgehead atoms. The number of amides is 2. The molecule has 0 spiro atoms. The molecule has 0 radical (unpaired) electrons. The molecule has 0 saturated heterocycles. The van der Waals surface area contributed by atoms with Gasteiger partial charge in [-0.25, -0.2) is 9.97 Å². The lowest BCUT2D eigenvalue weighted by atomic mass is 9.86. The first-order valence-electron chi connectivity index (χ1n) is 8.70. The molecule has 0 saturated carbocycles. The van der Waals surface area contributed by atoms with Gasteiger partial charge in [0.1, 0.15) is 11.6 Å². The Bertz CT molecular complexity index is 1030. The van der Waals surface area contributed by atoms with Crippen molar-refractivity contribution in [1.29, 1.82) is 0 Å². The van der Waals surface area contributed by atoms with Gasteiger partial charge in [0.25, 0.3) is 11.9 Å². The summed E-state index contributed by atoms with van der Waals surface area (Å²) in [6, 6.07) is 8.98. The van der Waals surface area contributed by atoms with Crippen molar-refractivity contribution in [3.63, 3.8) is 0 Å². The van der Waals surface area contributed by atoms with Gasteiger partial charge in [-0.3, -0.25) is 9.59 Å². The van der Waals surface area contributed by atoms with Crippen LogP contribution < -0.4 is 15.8 Å². The Morgan fingerprint density at radius 1 is 1.29 bits per heavy atom. The van der Waals surface area contributed by atoms with E-state index in [9.17, 15) is 9.59 Å². The average molecular weight is 378 g/mol. The minimum absolute atomic E-state index is 0.108. The van der Waals surface area contributed by atoms with E-state index in [0.717, 1.165) is 16.8 Å². The number of nitrogens with zero attached hydrogens (tertiary/aromatic N) is 4. The number of hydrogen-bond donors (Lipinski definition) is 2. The third kappa shape index (κ3) is 3.29. The van der Waals surface area contributed by atoms with Gasteiger partial charge in [0, 0.05) is 30.3 Å². The second-order valence-electron chi connectivity index (χ2n) is 6.44. The largest absolute Gasteiger partial charge is 0.484 e. The van der Waals surface area contributed by atoms with Crippen LogP contribution in [-0.2, 0) is 9.59 Å². The molecule has 142 valence electrons. The van der Waals surface area contributed by atoms with Crippen LogP contribution in [0, 0.1) is 6.92 Å². The van der Waals surface area contributed by atoms with E-state index in [2.05, 4.69) is 20.4 Å². The highest BCUT2D eigenvalue weighted by Gasteiger charge is 2.33. The van der Waals surface area contributed by atoms with Crippen molar-refractivity contribution < 1.29 is 14.3 Å². The summed E-state index contributed by atoms with van der Waals surface area (Å²) in [4.78, 5) is 31.7. The SMILES string of the molecule is Cc1nn(-c2ncccn2)c2c1C(c1ccc(OCC(N)=O)cc1)CC(=O)N2. The number of nitrogens with two attached hydrogens (primary N) is 1. The highest BCUT2D eigenvalue weighted by molar-refractivity contribution is 5.95. The van der Waals surface area contributed by atoms with E-state index in [1.165, 1.54) is 0 Å². The molecule has 1 aliphatic rings. The van der Waals surface area contributed by atoms with E-state index in [1.807, 2.05) is 19.1 Å². The number of aryl methyl sites for hydroxylation is 1. The molecule has 1 aromatic carbocycles. The first kappa shape index (κ1) is 17.7. The number of carbonyl (C=O) groups excluding carboxylic acids is 2. The molecule has 9 heteroatoms. The molecule has 3 aromatic rings. The molecule has 2 aromatic heterocycles. The van der Waals surface area contributed by atoms with Gasteiger partial charge in [0.15, 0.2) is 6.61 Å². The number of hydrogen-bond acceptors (Lipinski definition) is 6. The second kappa shape index (κ2) is 7.10. The number of carbonyl (C=O) groups is 2. The summed E-state index contributed by atoms with van der Waals surface area (Å²) in [5.41, 5.74) is 7.76. The summed E-state index contributed by atoms with van der Waals surface area (Å²) in [5, 5.41) is 7.44. The zero-order valence-corrected chi connectivity index (χ0v) is 15.1. The van der Waals surface area contributed by atoms with Crippen LogP contribution in [0.3, 0.4) is 0 Å². The minimum Gasteiger partial charge on any atom is -0.484 e. The molecule has 3 N–H and O–H groups in total. The van der Waals surface area contributed by atoms with Crippen LogP contribution in [0.5, 0.6) is 5.75 Å². The number of fused-ring (bicyclic) bond motifs is 1. The van der Waals surface area contributed by atoms with Gasteiger partial charge in [-0.2, -0.15) is 9.78 Å².